The summed E-state index contributed by atoms with van der Waals surface area (Å²) in [6.45, 7) is 12.9. The first-order chi connectivity index (χ1) is 10.6. The predicted octanol–water partition coefficient (Wildman–Crippen LogP) is 0.234. The van der Waals surface area contributed by atoms with E-state index in [0.29, 0.717) is 12.2 Å². The lowest BCUT2D eigenvalue weighted by molar-refractivity contribution is -0.970. The molecule has 2 fully saturated rings. The molecule has 0 spiro atoms. The minimum Gasteiger partial charge on any atom is -0.364 e. The summed E-state index contributed by atoms with van der Waals surface area (Å²) in [6.07, 6.45) is 3.60. The lowest BCUT2D eigenvalue weighted by Crippen LogP contribution is -3.22. The molecule has 1 aromatic carbocycles. The van der Waals surface area contributed by atoms with Gasteiger partial charge in [0.25, 0.3) is 0 Å². The van der Waals surface area contributed by atoms with Gasteiger partial charge in [-0.15, -0.1) is 0 Å². The lowest BCUT2D eigenvalue weighted by atomic mass is 10.0. The highest BCUT2D eigenvalue weighted by Crippen LogP contribution is 2.05. The lowest BCUT2D eigenvalue weighted by Gasteiger charge is -2.39. The van der Waals surface area contributed by atoms with Gasteiger partial charge in [-0.3, -0.25) is 0 Å². The Balaban J connectivity index is 1.50. The molecule has 0 amide bonds. The van der Waals surface area contributed by atoms with Crippen LogP contribution >= 0.6 is 0 Å². The van der Waals surface area contributed by atoms with Gasteiger partial charge in [-0.1, -0.05) is 29.8 Å². The van der Waals surface area contributed by atoms with Crippen molar-refractivity contribution in [1.29, 1.82) is 0 Å². The van der Waals surface area contributed by atoms with E-state index in [1.54, 1.807) is 9.80 Å². The van der Waals surface area contributed by atoms with Crippen molar-refractivity contribution in [1.82, 2.24) is 0 Å². The first kappa shape index (κ1) is 16.0. The number of ether oxygens (including phenoxy) is 1. The van der Waals surface area contributed by atoms with Gasteiger partial charge in [-0.2, -0.15) is 0 Å². The molecular weight excluding hydrogens is 272 g/mol. The average molecular weight is 304 g/mol. The summed E-state index contributed by atoms with van der Waals surface area (Å²) in [7, 11) is 0. The van der Waals surface area contributed by atoms with E-state index in [2.05, 4.69) is 45.0 Å². The van der Waals surface area contributed by atoms with E-state index in [1.807, 2.05) is 0 Å². The number of hydrogen-bond donors (Lipinski definition) is 2. The highest BCUT2D eigenvalue weighted by molar-refractivity contribution is 5.21. The molecule has 22 heavy (non-hydrogen) atoms. The number of morpholine rings is 1. The van der Waals surface area contributed by atoms with E-state index in [-0.39, 0.29) is 0 Å². The third-order valence-electron chi connectivity index (χ3n) is 5.37. The van der Waals surface area contributed by atoms with Gasteiger partial charge in [0.1, 0.15) is 31.8 Å². The van der Waals surface area contributed by atoms with Gasteiger partial charge in [0.2, 0.25) is 0 Å². The molecule has 0 aliphatic carbocycles. The molecule has 2 saturated heterocycles. The zero-order valence-corrected chi connectivity index (χ0v) is 14.4. The Kier molecular flexibility index (Phi) is 5.17. The molecule has 2 aliphatic heterocycles. The van der Waals surface area contributed by atoms with Gasteiger partial charge < -0.3 is 14.5 Å². The van der Waals surface area contributed by atoms with Crippen molar-refractivity contribution in [2.45, 2.75) is 58.4 Å². The summed E-state index contributed by atoms with van der Waals surface area (Å²) >= 11 is 0. The van der Waals surface area contributed by atoms with Crippen LogP contribution in [-0.4, -0.2) is 44.4 Å². The van der Waals surface area contributed by atoms with Crippen molar-refractivity contribution in [3.8, 4) is 0 Å². The van der Waals surface area contributed by atoms with Gasteiger partial charge in [0, 0.05) is 18.4 Å². The van der Waals surface area contributed by atoms with E-state index >= 15 is 0 Å². The minimum absolute atomic E-state index is 0.427. The SMILES string of the molecule is Cc1cccc(C[NH+]2CCC([NH+]3CC(C)OC(C)C3)CC2)c1. The van der Waals surface area contributed by atoms with E-state index in [4.69, 9.17) is 4.74 Å². The fourth-order valence-electron chi connectivity index (χ4n) is 4.37. The predicted molar refractivity (Wildman–Crippen MR) is 89.3 cm³/mol. The minimum atomic E-state index is 0.427. The Morgan fingerprint density at radius 2 is 1.77 bits per heavy atom. The van der Waals surface area contributed by atoms with Gasteiger partial charge >= 0.3 is 0 Å². The summed E-state index contributed by atoms with van der Waals surface area (Å²) in [5, 5.41) is 0. The number of aryl methyl sites for hydroxylation is 1. The molecule has 122 valence electrons. The molecule has 0 bridgehead atoms. The molecule has 0 radical (unpaired) electrons. The maximum atomic E-state index is 5.89. The zero-order chi connectivity index (χ0) is 15.5. The van der Waals surface area contributed by atoms with Crippen molar-refractivity contribution >= 4 is 0 Å². The molecule has 1 aromatic rings. The monoisotopic (exact) mass is 304 g/mol. The number of rotatable bonds is 3. The molecular formula is C19H32N2O+2. The van der Waals surface area contributed by atoms with Crippen LogP contribution in [0.5, 0.6) is 0 Å². The maximum absolute atomic E-state index is 5.89. The average Bonchev–Trinajstić information content (AvgIpc) is 2.47. The van der Waals surface area contributed by atoms with Crippen LogP contribution in [-0.2, 0) is 11.3 Å². The third-order valence-corrected chi connectivity index (χ3v) is 5.37. The van der Waals surface area contributed by atoms with Gasteiger partial charge in [-0.25, -0.2) is 0 Å². The van der Waals surface area contributed by atoms with Crippen LogP contribution in [0.2, 0.25) is 0 Å². The number of hydrogen-bond acceptors (Lipinski definition) is 1. The smallest absolute Gasteiger partial charge is 0.104 e. The van der Waals surface area contributed by atoms with E-state index in [1.165, 1.54) is 56.7 Å². The second kappa shape index (κ2) is 7.12. The first-order valence-electron chi connectivity index (χ1n) is 8.99. The van der Waals surface area contributed by atoms with E-state index in [0.717, 1.165) is 6.04 Å². The summed E-state index contributed by atoms with van der Waals surface area (Å²) in [5.41, 5.74) is 2.88. The highest BCUT2D eigenvalue weighted by atomic mass is 16.5. The van der Waals surface area contributed by atoms with Crippen molar-refractivity contribution < 1.29 is 14.5 Å². The number of quaternary nitrogens is 2. The topological polar surface area (TPSA) is 18.1 Å². The number of piperidine rings is 1. The normalized spacial score (nSPS) is 36.2. The Bertz CT molecular complexity index is 472. The first-order valence-corrected chi connectivity index (χ1v) is 8.99. The van der Waals surface area contributed by atoms with Gasteiger partial charge in [0.05, 0.1) is 19.1 Å². The summed E-state index contributed by atoms with van der Waals surface area (Å²) in [5.74, 6) is 0. The molecule has 0 aromatic heterocycles. The van der Waals surface area contributed by atoms with Crippen molar-refractivity contribution in [3.05, 3.63) is 35.4 Å². The van der Waals surface area contributed by atoms with Crippen LogP contribution in [0.15, 0.2) is 24.3 Å². The van der Waals surface area contributed by atoms with Crippen LogP contribution in [0.4, 0.5) is 0 Å². The van der Waals surface area contributed by atoms with Crippen LogP contribution in [0.1, 0.15) is 37.8 Å². The fraction of sp³-hybridized carbons (Fsp3) is 0.684. The molecule has 3 heteroatoms. The molecule has 3 nitrogen and oxygen atoms in total. The number of benzene rings is 1. The molecule has 2 N–H and O–H groups in total. The molecule has 2 atom stereocenters. The molecule has 0 saturated carbocycles. The van der Waals surface area contributed by atoms with Crippen LogP contribution in [0.3, 0.4) is 0 Å². The number of nitrogens with one attached hydrogen (secondary N) is 2. The van der Waals surface area contributed by atoms with Crippen molar-refractivity contribution in [2.75, 3.05) is 26.2 Å². The van der Waals surface area contributed by atoms with Gasteiger partial charge in [-0.05, 0) is 20.8 Å². The third kappa shape index (κ3) is 4.09. The van der Waals surface area contributed by atoms with Crippen LogP contribution in [0.25, 0.3) is 0 Å². The summed E-state index contributed by atoms with van der Waals surface area (Å²) < 4.78 is 5.89. The van der Waals surface area contributed by atoms with Crippen molar-refractivity contribution in [3.63, 3.8) is 0 Å². The summed E-state index contributed by atoms with van der Waals surface area (Å²) in [4.78, 5) is 3.55. The molecule has 2 unspecified atom stereocenters. The maximum Gasteiger partial charge on any atom is 0.104 e. The van der Waals surface area contributed by atoms with E-state index in [9.17, 15) is 0 Å². The molecule has 2 heterocycles. The highest BCUT2D eigenvalue weighted by Gasteiger charge is 2.34. The fourth-order valence-corrected chi connectivity index (χ4v) is 4.37. The Morgan fingerprint density at radius 3 is 2.41 bits per heavy atom. The second-order valence-electron chi connectivity index (χ2n) is 7.51. The molecule has 2 aliphatic rings. The van der Waals surface area contributed by atoms with Crippen LogP contribution < -0.4 is 9.80 Å². The van der Waals surface area contributed by atoms with E-state index < -0.39 is 0 Å². The quantitative estimate of drug-likeness (QED) is 0.818. The Labute approximate surface area is 135 Å². The standard InChI is InChI=1S/C19H30N2O/c1-15-5-4-6-18(11-15)14-20-9-7-19(8-10-20)21-12-16(2)22-17(3)13-21/h4-6,11,16-17,19H,7-10,12-14H2,1-3H3/p+2. The second-order valence-corrected chi connectivity index (χ2v) is 7.51. The van der Waals surface area contributed by atoms with Gasteiger partial charge in [0.15, 0.2) is 0 Å². The zero-order valence-electron chi connectivity index (χ0n) is 14.4. The largest absolute Gasteiger partial charge is 0.364 e. The molecule has 3 rings (SSSR count). The summed E-state index contributed by atoms with van der Waals surface area (Å²) in [6, 6.07) is 9.86. The Morgan fingerprint density at radius 1 is 1.09 bits per heavy atom. The Hall–Kier alpha value is -0.900. The van der Waals surface area contributed by atoms with Crippen molar-refractivity contribution in [2.24, 2.45) is 0 Å². The number of likely N-dealkylation sites (tertiary alicyclic amines) is 1. The van der Waals surface area contributed by atoms with Crippen LogP contribution in [0, 0.1) is 6.92 Å².